The van der Waals surface area contributed by atoms with Crippen LogP contribution in [0.1, 0.15) is 49.4 Å². The predicted molar refractivity (Wildman–Crippen MR) is 119 cm³/mol. The van der Waals surface area contributed by atoms with Gasteiger partial charge in [0.1, 0.15) is 11.8 Å². The summed E-state index contributed by atoms with van der Waals surface area (Å²) in [4.78, 5) is 13.2. The lowest BCUT2D eigenvalue weighted by atomic mass is 10.0. The fourth-order valence-corrected chi connectivity index (χ4v) is 5.27. The first-order valence-electron chi connectivity index (χ1n) is 10.3. The fourth-order valence-electron chi connectivity index (χ4n) is 4.06. The Hall–Kier alpha value is -2.54. The van der Waals surface area contributed by atoms with Crippen LogP contribution < -0.4 is 14.4 Å². The van der Waals surface area contributed by atoms with Crippen LogP contribution in [0.4, 0.5) is 5.69 Å². The largest absolute Gasteiger partial charge is 0.497 e. The Morgan fingerprint density at radius 2 is 1.90 bits per heavy atom. The van der Waals surface area contributed by atoms with Crippen LogP contribution in [0.15, 0.2) is 42.5 Å². The number of methoxy groups -OCH3 is 1. The summed E-state index contributed by atoms with van der Waals surface area (Å²) in [6.45, 7) is 3.74. The van der Waals surface area contributed by atoms with Gasteiger partial charge in [-0.25, -0.2) is 8.42 Å². The number of nitrogens with zero attached hydrogens (tertiary/aromatic N) is 1. The van der Waals surface area contributed by atoms with Gasteiger partial charge in [-0.1, -0.05) is 31.2 Å². The molecule has 7 heteroatoms. The van der Waals surface area contributed by atoms with Crippen molar-refractivity contribution in [3.05, 3.63) is 59.2 Å². The summed E-state index contributed by atoms with van der Waals surface area (Å²) < 4.78 is 31.7. The van der Waals surface area contributed by atoms with Crippen molar-refractivity contribution < 1.29 is 17.9 Å². The third-order valence-corrected chi connectivity index (χ3v) is 6.80. The quantitative estimate of drug-likeness (QED) is 0.694. The van der Waals surface area contributed by atoms with Gasteiger partial charge in [0.2, 0.25) is 15.9 Å². The highest BCUT2D eigenvalue weighted by molar-refractivity contribution is 7.92. The van der Waals surface area contributed by atoms with E-state index in [0.29, 0.717) is 17.9 Å². The van der Waals surface area contributed by atoms with Gasteiger partial charge in [-0.05, 0) is 61.4 Å². The van der Waals surface area contributed by atoms with Crippen LogP contribution in [-0.4, -0.2) is 33.7 Å². The van der Waals surface area contributed by atoms with Crippen LogP contribution >= 0.6 is 0 Å². The Balaban J connectivity index is 1.85. The average Bonchev–Trinajstić information content (AvgIpc) is 3.18. The van der Waals surface area contributed by atoms with Crippen LogP contribution in [0.2, 0.25) is 0 Å². The van der Waals surface area contributed by atoms with Crippen molar-refractivity contribution in [3.63, 3.8) is 0 Å². The Kier molecular flexibility index (Phi) is 6.71. The second-order valence-corrected chi connectivity index (χ2v) is 9.66. The molecule has 0 bridgehead atoms. The second kappa shape index (κ2) is 9.08. The maximum Gasteiger partial charge on any atom is 0.244 e. The number of amides is 1. The van der Waals surface area contributed by atoms with E-state index in [0.717, 1.165) is 24.7 Å². The van der Waals surface area contributed by atoms with Crippen molar-refractivity contribution in [3.8, 4) is 5.75 Å². The summed E-state index contributed by atoms with van der Waals surface area (Å²) in [6.07, 6.45) is 4.80. The monoisotopic (exact) mass is 430 g/mol. The highest BCUT2D eigenvalue weighted by atomic mass is 32.2. The number of anilines is 1. The van der Waals surface area contributed by atoms with E-state index in [9.17, 15) is 13.2 Å². The highest BCUT2D eigenvalue weighted by Gasteiger charge is 2.32. The summed E-state index contributed by atoms with van der Waals surface area (Å²) in [5, 5.41) is 3.01. The van der Waals surface area contributed by atoms with Crippen LogP contribution in [0.5, 0.6) is 5.75 Å². The van der Waals surface area contributed by atoms with Gasteiger partial charge in [0.25, 0.3) is 0 Å². The number of hydrogen-bond acceptors (Lipinski definition) is 4. The highest BCUT2D eigenvalue weighted by Crippen LogP contribution is 2.28. The number of sulfonamides is 1. The molecule has 3 rings (SSSR count). The minimum atomic E-state index is -3.69. The molecule has 162 valence electrons. The fraction of sp³-hybridized carbons (Fsp3) is 0.435. The minimum Gasteiger partial charge on any atom is -0.497 e. The molecule has 0 aromatic heterocycles. The van der Waals surface area contributed by atoms with Crippen LogP contribution in [-0.2, 0) is 27.7 Å². The van der Waals surface area contributed by atoms with E-state index in [1.54, 1.807) is 24.3 Å². The van der Waals surface area contributed by atoms with Gasteiger partial charge in [0, 0.05) is 6.07 Å². The Labute approximate surface area is 179 Å². The third-order valence-electron chi connectivity index (χ3n) is 5.62. The number of carbonyl (C=O) groups excluding carboxylic acids is 1. The molecule has 2 aromatic rings. The zero-order valence-corrected chi connectivity index (χ0v) is 18.8. The lowest BCUT2D eigenvalue weighted by molar-refractivity contribution is -0.122. The summed E-state index contributed by atoms with van der Waals surface area (Å²) in [6, 6.07) is 12.0. The van der Waals surface area contributed by atoms with Gasteiger partial charge in [-0.3, -0.25) is 9.10 Å². The van der Waals surface area contributed by atoms with Crippen LogP contribution in [0.25, 0.3) is 0 Å². The molecular formula is C23H30N2O4S. The van der Waals surface area contributed by atoms with Gasteiger partial charge < -0.3 is 10.1 Å². The van der Waals surface area contributed by atoms with Gasteiger partial charge >= 0.3 is 0 Å². The molecule has 0 fully saturated rings. The molecule has 1 amide bonds. The molecule has 1 aliphatic carbocycles. The Morgan fingerprint density at radius 3 is 2.57 bits per heavy atom. The van der Waals surface area contributed by atoms with Crippen molar-refractivity contribution in [1.82, 2.24) is 5.32 Å². The minimum absolute atomic E-state index is 0.218. The van der Waals surface area contributed by atoms with E-state index in [1.807, 2.05) is 19.9 Å². The molecule has 0 aliphatic heterocycles. The van der Waals surface area contributed by atoms with Crippen molar-refractivity contribution in [2.45, 2.75) is 51.6 Å². The number of aryl methyl sites for hydroxylation is 2. The van der Waals surface area contributed by atoms with E-state index in [2.05, 4.69) is 17.4 Å². The molecule has 1 N–H and O–H groups in total. The lowest BCUT2D eigenvalue weighted by Gasteiger charge is -2.31. The maximum atomic E-state index is 13.2. The summed E-state index contributed by atoms with van der Waals surface area (Å²) in [5.41, 5.74) is 4.16. The van der Waals surface area contributed by atoms with E-state index < -0.39 is 16.1 Å². The number of nitrogens with one attached hydrogen (secondary N) is 1. The number of fused-ring (bicyclic) bond motifs is 1. The molecular weight excluding hydrogens is 400 g/mol. The normalized spacial score (nSPS) is 15.2. The Bertz CT molecular complexity index is 1020. The number of ether oxygens (including phenoxy) is 1. The van der Waals surface area contributed by atoms with Crippen LogP contribution in [0.3, 0.4) is 0 Å². The topological polar surface area (TPSA) is 75.7 Å². The second-order valence-electron chi connectivity index (χ2n) is 7.80. The molecule has 2 atom stereocenters. The lowest BCUT2D eigenvalue weighted by Crippen LogP contribution is -2.49. The molecule has 0 spiro atoms. The molecule has 1 aliphatic rings. The van der Waals surface area contributed by atoms with Crippen LogP contribution in [0, 0.1) is 0 Å². The molecule has 0 unspecified atom stereocenters. The smallest absolute Gasteiger partial charge is 0.244 e. The first-order valence-corrected chi connectivity index (χ1v) is 12.1. The molecule has 30 heavy (non-hydrogen) atoms. The van der Waals surface area contributed by atoms with Crippen molar-refractivity contribution >= 4 is 21.6 Å². The van der Waals surface area contributed by atoms with E-state index >= 15 is 0 Å². The van der Waals surface area contributed by atoms with Crippen molar-refractivity contribution in [2.75, 3.05) is 17.7 Å². The van der Waals surface area contributed by atoms with Crippen molar-refractivity contribution in [1.29, 1.82) is 0 Å². The third kappa shape index (κ3) is 4.78. The van der Waals surface area contributed by atoms with E-state index in [4.69, 9.17) is 4.74 Å². The SMILES string of the molecule is CC[C@H](C(=O)N[C@@H](C)c1ccc2c(c1)CCC2)N(c1cccc(OC)c1)S(C)(=O)=O. The molecule has 6 nitrogen and oxygen atoms in total. The van der Waals surface area contributed by atoms with E-state index in [-0.39, 0.29) is 11.9 Å². The number of carbonyl (C=O) groups is 1. The first kappa shape index (κ1) is 22.2. The number of hydrogen-bond donors (Lipinski definition) is 1. The van der Waals surface area contributed by atoms with Gasteiger partial charge in [-0.15, -0.1) is 0 Å². The molecule has 2 aromatic carbocycles. The van der Waals surface area contributed by atoms with Gasteiger partial charge in [-0.2, -0.15) is 0 Å². The number of rotatable bonds is 8. The molecule has 0 saturated heterocycles. The summed E-state index contributed by atoms with van der Waals surface area (Å²) >= 11 is 0. The zero-order valence-electron chi connectivity index (χ0n) is 18.0. The zero-order chi connectivity index (χ0) is 21.9. The van der Waals surface area contributed by atoms with Crippen molar-refractivity contribution in [2.24, 2.45) is 0 Å². The molecule has 0 heterocycles. The van der Waals surface area contributed by atoms with E-state index in [1.165, 1.54) is 29.0 Å². The van der Waals surface area contributed by atoms with Gasteiger partial charge in [0.05, 0.1) is 25.1 Å². The Morgan fingerprint density at radius 1 is 1.17 bits per heavy atom. The van der Waals surface area contributed by atoms with Gasteiger partial charge in [0.15, 0.2) is 0 Å². The predicted octanol–water partition coefficient (Wildman–Crippen LogP) is 3.61. The molecule has 0 radical (unpaired) electrons. The average molecular weight is 431 g/mol. The first-order chi connectivity index (χ1) is 14.2. The number of benzene rings is 2. The summed E-state index contributed by atoms with van der Waals surface area (Å²) in [7, 11) is -2.17. The summed E-state index contributed by atoms with van der Waals surface area (Å²) in [5.74, 6) is 0.210. The standard InChI is InChI=1S/C23H30N2O4S/c1-5-22(25(30(4,27)28)20-10-7-11-21(15-20)29-3)23(26)24-16(2)18-13-12-17-8-6-9-19(17)14-18/h7,10-16,22H,5-6,8-9H2,1-4H3,(H,24,26)/t16-,22+/m0/s1. The molecule has 0 saturated carbocycles. The maximum absolute atomic E-state index is 13.2.